The van der Waals surface area contributed by atoms with Crippen molar-refractivity contribution in [3.05, 3.63) is 122 Å². The number of carboxylic acid groups (broad SMARTS) is 1. The second-order valence-corrected chi connectivity index (χ2v) is 22.0. The summed E-state index contributed by atoms with van der Waals surface area (Å²) in [6.45, 7) is 4.62. The Balaban J connectivity index is 4.17. The van der Waals surface area contributed by atoms with Crippen molar-refractivity contribution in [3.63, 3.8) is 0 Å². The van der Waals surface area contributed by atoms with E-state index in [1.165, 1.54) is 103 Å². The molecule has 2 unspecified atom stereocenters. The minimum absolute atomic E-state index is 0.142. The van der Waals surface area contributed by atoms with Crippen LogP contribution >= 0.6 is 0 Å². The van der Waals surface area contributed by atoms with Crippen molar-refractivity contribution in [2.45, 2.75) is 257 Å². The van der Waals surface area contributed by atoms with Crippen LogP contribution in [-0.2, 0) is 33.3 Å². The Hall–Kier alpha value is -4.31. The molecule has 450 valence electrons. The third-order valence-electron chi connectivity index (χ3n) is 13.2. The maximum atomic E-state index is 12.9. The predicted molar refractivity (Wildman–Crippen MR) is 333 cm³/mol. The third kappa shape index (κ3) is 61.2. The molecule has 0 saturated carbocycles. The van der Waals surface area contributed by atoms with E-state index in [2.05, 4.69) is 135 Å². The molecule has 79 heavy (non-hydrogen) atoms. The summed E-state index contributed by atoms with van der Waals surface area (Å²) in [7, 11) is 5.91. The van der Waals surface area contributed by atoms with Gasteiger partial charge in [0.05, 0.1) is 40.3 Å². The number of rotatable bonds is 57. The van der Waals surface area contributed by atoms with Crippen LogP contribution in [0.3, 0.4) is 0 Å². The van der Waals surface area contributed by atoms with E-state index < -0.39 is 24.3 Å². The van der Waals surface area contributed by atoms with Gasteiger partial charge in [0.15, 0.2) is 12.4 Å². The lowest BCUT2D eigenvalue weighted by Gasteiger charge is -2.26. The van der Waals surface area contributed by atoms with E-state index in [1.54, 1.807) is 0 Å². The Kier molecular flexibility index (Phi) is 56.5. The molecule has 0 bridgehead atoms. The van der Waals surface area contributed by atoms with Gasteiger partial charge < -0.3 is 33.3 Å². The number of ether oxygens (including phenoxy) is 4. The molecule has 0 aromatic rings. The summed E-state index contributed by atoms with van der Waals surface area (Å²) in [5.74, 6) is -2.30. The SMILES string of the molecule is CC/C=C\C/C=C\C/C=C\C/C=C\C/C=C\C/C=C\C/C=C\C/C=C\C/C=C\C/C=C\CCCCCCCCCCC(=O)OC(COC(=O)CCCCCCCCCCCCCCCCC)COC(OCC[N+](C)(C)C)C(=O)[O-]. The Morgan fingerprint density at radius 2 is 0.722 bits per heavy atom. The number of quaternary nitrogens is 1. The van der Waals surface area contributed by atoms with Gasteiger partial charge in [0.25, 0.3) is 0 Å². The Morgan fingerprint density at radius 3 is 1.08 bits per heavy atom. The van der Waals surface area contributed by atoms with Crippen LogP contribution in [0.15, 0.2) is 122 Å². The number of unbranched alkanes of at least 4 members (excludes halogenated alkanes) is 22. The maximum absolute atomic E-state index is 12.9. The summed E-state index contributed by atoms with van der Waals surface area (Å²) in [4.78, 5) is 37.3. The minimum atomic E-state index is -1.63. The Morgan fingerprint density at radius 1 is 0.392 bits per heavy atom. The average Bonchev–Trinajstić information content (AvgIpc) is 3.42. The molecule has 0 amide bonds. The Labute approximate surface area is 485 Å². The molecule has 0 rings (SSSR count). The normalized spacial score (nSPS) is 13.6. The molecule has 0 spiro atoms. The molecular weight excluding hydrogens is 983 g/mol. The van der Waals surface area contributed by atoms with Crippen molar-refractivity contribution in [2.75, 3.05) is 47.5 Å². The highest BCUT2D eigenvalue weighted by Gasteiger charge is 2.22. The highest BCUT2D eigenvalue weighted by atomic mass is 16.7. The smallest absolute Gasteiger partial charge is 0.306 e. The van der Waals surface area contributed by atoms with Crippen molar-refractivity contribution in [1.29, 1.82) is 0 Å². The lowest BCUT2D eigenvalue weighted by atomic mass is 10.0. The number of carbonyl (C=O) groups excluding carboxylic acids is 3. The molecule has 0 radical (unpaired) electrons. The van der Waals surface area contributed by atoms with E-state index in [0.717, 1.165) is 109 Å². The zero-order chi connectivity index (χ0) is 57.6. The largest absolute Gasteiger partial charge is 0.545 e. The van der Waals surface area contributed by atoms with Crippen molar-refractivity contribution in [3.8, 4) is 0 Å². The van der Waals surface area contributed by atoms with Crippen molar-refractivity contribution in [2.24, 2.45) is 0 Å². The molecule has 9 heteroatoms. The molecule has 0 aliphatic rings. The molecule has 0 heterocycles. The van der Waals surface area contributed by atoms with Gasteiger partial charge in [-0.2, -0.15) is 0 Å². The first kappa shape index (κ1) is 74.7. The fourth-order valence-electron chi connectivity index (χ4n) is 8.39. The number of carbonyl (C=O) groups is 3. The van der Waals surface area contributed by atoms with Gasteiger partial charge in [0.1, 0.15) is 13.2 Å². The molecular formula is C70H117NO8. The number of carboxylic acids is 1. The second-order valence-electron chi connectivity index (χ2n) is 22.0. The lowest BCUT2D eigenvalue weighted by molar-refractivity contribution is -0.870. The number of esters is 2. The van der Waals surface area contributed by atoms with Crippen molar-refractivity contribution in [1.82, 2.24) is 0 Å². The summed E-state index contributed by atoms with van der Waals surface area (Å²) in [5, 5.41) is 11.8. The zero-order valence-electron chi connectivity index (χ0n) is 51.2. The highest BCUT2D eigenvalue weighted by molar-refractivity contribution is 5.70. The van der Waals surface area contributed by atoms with Crippen LogP contribution in [0.5, 0.6) is 0 Å². The first-order valence-electron chi connectivity index (χ1n) is 31.7. The number of allylic oxidation sites excluding steroid dienone is 20. The topological polar surface area (TPSA) is 111 Å². The molecule has 0 aromatic heterocycles. The molecule has 0 aromatic carbocycles. The van der Waals surface area contributed by atoms with Crippen LogP contribution in [0, 0.1) is 0 Å². The maximum Gasteiger partial charge on any atom is 0.306 e. The summed E-state index contributed by atoms with van der Waals surface area (Å²) < 4.78 is 22.7. The molecule has 2 atom stereocenters. The first-order chi connectivity index (χ1) is 38.6. The molecule has 0 saturated heterocycles. The summed E-state index contributed by atoms with van der Waals surface area (Å²) in [6.07, 6.45) is 81.1. The number of aliphatic carboxylic acids is 1. The van der Waals surface area contributed by atoms with E-state index in [9.17, 15) is 19.5 Å². The van der Waals surface area contributed by atoms with Crippen molar-refractivity contribution >= 4 is 17.9 Å². The molecule has 0 fully saturated rings. The monoisotopic (exact) mass is 1100 g/mol. The second kappa shape index (κ2) is 59.8. The molecule has 9 nitrogen and oxygen atoms in total. The fraction of sp³-hybridized carbons (Fsp3) is 0.671. The van der Waals surface area contributed by atoms with Gasteiger partial charge in [-0.1, -0.05) is 264 Å². The summed E-state index contributed by atoms with van der Waals surface area (Å²) >= 11 is 0. The van der Waals surface area contributed by atoms with Crippen LogP contribution < -0.4 is 5.11 Å². The average molecular weight is 1100 g/mol. The molecule has 0 aliphatic carbocycles. The van der Waals surface area contributed by atoms with Crippen molar-refractivity contribution < 1.29 is 42.9 Å². The van der Waals surface area contributed by atoms with Gasteiger partial charge in [-0.05, 0) is 89.9 Å². The van der Waals surface area contributed by atoms with E-state index in [0.29, 0.717) is 17.4 Å². The zero-order valence-corrected chi connectivity index (χ0v) is 51.2. The van der Waals surface area contributed by atoms with Crippen LogP contribution in [0.2, 0.25) is 0 Å². The highest BCUT2D eigenvalue weighted by Crippen LogP contribution is 2.16. The number of hydrogen-bond donors (Lipinski definition) is 0. The quantitative estimate of drug-likeness (QED) is 0.0195. The van der Waals surface area contributed by atoms with E-state index >= 15 is 0 Å². The number of hydrogen-bond acceptors (Lipinski definition) is 8. The van der Waals surface area contributed by atoms with Crippen LogP contribution in [0.1, 0.15) is 245 Å². The van der Waals surface area contributed by atoms with Gasteiger partial charge in [0, 0.05) is 12.8 Å². The summed E-state index contributed by atoms with van der Waals surface area (Å²) in [6, 6.07) is 0. The fourth-order valence-corrected chi connectivity index (χ4v) is 8.39. The first-order valence-corrected chi connectivity index (χ1v) is 31.7. The van der Waals surface area contributed by atoms with Gasteiger partial charge in [-0.25, -0.2) is 0 Å². The van der Waals surface area contributed by atoms with E-state index in [-0.39, 0.29) is 38.6 Å². The van der Waals surface area contributed by atoms with Gasteiger partial charge in [-0.15, -0.1) is 0 Å². The van der Waals surface area contributed by atoms with Gasteiger partial charge in [-0.3, -0.25) is 9.59 Å². The summed E-state index contributed by atoms with van der Waals surface area (Å²) in [5.41, 5.74) is 0. The third-order valence-corrected chi connectivity index (χ3v) is 13.2. The van der Waals surface area contributed by atoms with E-state index in [4.69, 9.17) is 18.9 Å². The number of likely N-dealkylation sites (N-methyl/N-ethyl adjacent to an activating group) is 1. The minimum Gasteiger partial charge on any atom is -0.545 e. The predicted octanol–water partition coefficient (Wildman–Crippen LogP) is 17.9. The molecule has 0 aliphatic heterocycles. The van der Waals surface area contributed by atoms with Gasteiger partial charge >= 0.3 is 11.9 Å². The van der Waals surface area contributed by atoms with Crippen LogP contribution in [0.4, 0.5) is 0 Å². The van der Waals surface area contributed by atoms with Gasteiger partial charge in [0.2, 0.25) is 0 Å². The van der Waals surface area contributed by atoms with Crippen LogP contribution in [0.25, 0.3) is 0 Å². The standard InChI is InChI=1S/C70H117NO8/c1-6-8-10-12-14-16-18-20-22-23-24-25-26-27-28-29-30-31-32-33-34-35-36-37-38-39-40-41-42-43-44-45-47-49-51-53-55-57-59-61-68(73)79-66(65-78-70(69(74)75)76-63-62-71(3,4)5)64-77-67(72)60-58-56-54-52-50-48-46-21-19-17-15-13-11-9-7-2/h8,10,14,16,20,22,24-25,27-28,30-31,33-34,36-37,39-40,42-43,66,70H,6-7,9,11-13,15,17-19,21,23,26,29,32,35,38,41,44-65H2,1-5H3/b10-8-,16-14-,22-20-,25-24-,28-27-,31-30-,34-33-,37-36-,40-39-,43-42-. The number of nitrogens with zero attached hydrogens (tertiary/aromatic N) is 1. The lowest BCUT2D eigenvalue weighted by Crippen LogP contribution is -2.44. The van der Waals surface area contributed by atoms with Crippen LogP contribution in [-0.4, -0.2) is 82.3 Å². The molecule has 0 N–H and O–H groups in total. The van der Waals surface area contributed by atoms with E-state index in [1.807, 2.05) is 21.1 Å². The Bertz CT molecular complexity index is 1710.